The van der Waals surface area contributed by atoms with Crippen molar-refractivity contribution < 1.29 is 22.0 Å². The van der Waals surface area contributed by atoms with E-state index in [1.54, 1.807) is 0 Å². The van der Waals surface area contributed by atoms with Gasteiger partial charge in [-0.25, -0.2) is 8.78 Å². The highest BCUT2D eigenvalue weighted by Crippen LogP contribution is 2.41. The fourth-order valence-corrected chi connectivity index (χ4v) is 1.52. The summed E-state index contributed by atoms with van der Waals surface area (Å²) >= 11 is 2.56. The molecule has 15 heavy (non-hydrogen) atoms. The fraction of sp³-hybridized carbons (Fsp3) is 0.286. The molecule has 0 spiro atoms. The first-order chi connectivity index (χ1) is 6.75. The predicted molar refractivity (Wildman–Crippen MR) is 46.3 cm³/mol. The zero-order valence-electron chi connectivity index (χ0n) is 6.95. The Bertz CT molecular complexity index is 376. The average Bonchev–Trinajstić information content (AvgIpc) is 2.00. The molecule has 1 rings (SSSR count). The lowest BCUT2D eigenvalue weighted by Gasteiger charge is -2.14. The summed E-state index contributed by atoms with van der Waals surface area (Å²) < 4.78 is 61.1. The molecule has 2 N–H and O–H groups in total. The van der Waals surface area contributed by atoms with Crippen LogP contribution < -0.4 is 5.73 Å². The van der Waals surface area contributed by atoms with Crippen molar-refractivity contribution >= 4 is 21.6 Å². The van der Waals surface area contributed by atoms with E-state index in [1.165, 1.54) is 0 Å². The van der Waals surface area contributed by atoms with Crippen LogP contribution in [0, 0.1) is 0 Å². The second-order valence-corrected chi connectivity index (χ2v) is 3.43. The molecule has 0 unspecified atom stereocenters. The summed E-state index contributed by atoms with van der Waals surface area (Å²) in [4.78, 5) is 3.13. The van der Waals surface area contributed by atoms with E-state index in [1.807, 2.05) is 0 Å². The van der Waals surface area contributed by atoms with E-state index in [-0.39, 0.29) is 0 Å². The van der Waals surface area contributed by atoms with Crippen molar-refractivity contribution in [3.63, 3.8) is 0 Å². The van der Waals surface area contributed by atoms with E-state index in [0.717, 1.165) is 0 Å². The molecule has 0 radical (unpaired) electrons. The predicted octanol–water partition coefficient (Wildman–Crippen LogP) is 3.38. The topological polar surface area (TPSA) is 38.9 Å². The number of pyridine rings is 1. The molecule has 0 aromatic carbocycles. The molecule has 0 bridgehead atoms. The Kier molecular flexibility index (Phi) is 3.17. The number of anilines is 1. The van der Waals surface area contributed by atoms with Crippen molar-refractivity contribution in [1.29, 1.82) is 0 Å². The Labute approximate surface area is 89.4 Å². The van der Waals surface area contributed by atoms with Gasteiger partial charge in [-0.15, -0.1) is 0 Å². The summed E-state index contributed by atoms with van der Waals surface area (Å²) in [5.41, 5.74) is 1.54. The van der Waals surface area contributed by atoms with Gasteiger partial charge in [-0.05, 0) is 15.9 Å². The molecule has 0 aliphatic carbocycles. The van der Waals surface area contributed by atoms with Crippen molar-refractivity contribution in [3.05, 3.63) is 21.9 Å². The second-order valence-electron chi connectivity index (χ2n) is 2.58. The summed E-state index contributed by atoms with van der Waals surface area (Å²) in [6, 6.07) is 0. The van der Waals surface area contributed by atoms with Gasteiger partial charge in [0.25, 0.3) is 6.43 Å². The third kappa shape index (κ3) is 2.36. The van der Waals surface area contributed by atoms with Gasteiger partial charge in [0, 0.05) is 6.20 Å². The SMILES string of the molecule is Nc1c(C(F)F)ncc(Br)c1C(F)(F)F. The van der Waals surface area contributed by atoms with Crippen LogP contribution >= 0.6 is 15.9 Å². The van der Waals surface area contributed by atoms with E-state index < -0.39 is 34.0 Å². The van der Waals surface area contributed by atoms with Gasteiger partial charge in [0.1, 0.15) is 5.69 Å². The zero-order valence-corrected chi connectivity index (χ0v) is 8.53. The molecule has 84 valence electrons. The molecule has 2 nitrogen and oxygen atoms in total. The highest BCUT2D eigenvalue weighted by Gasteiger charge is 2.37. The molecule has 0 fully saturated rings. The van der Waals surface area contributed by atoms with Gasteiger partial charge in [0.15, 0.2) is 0 Å². The Hall–Kier alpha value is -0.920. The molecular weight excluding hydrogens is 287 g/mol. The Morgan fingerprint density at radius 3 is 2.27 bits per heavy atom. The molecule has 0 saturated heterocycles. The molecule has 0 amide bonds. The lowest BCUT2D eigenvalue weighted by molar-refractivity contribution is -0.137. The van der Waals surface area contributed by atoms with Crippen LogP contribution in [0.3, 0.4) is 0 Å². The first-order valence-electron chi connectivity index (χ1n) is 3.54. The number of halogens is 6. The van der Waals surface area contributed by atoms with Crippen LogP contribution in [0.4, 0.5) is 27.6 Å². The highest BCUT2D eigenvalue weighted by atomic mass is 79.9. The number of hydrogen-bond donors (Lipinski definition) is 1. The van der Waals surface area contributed by atoms with Crippen LogP contribution in [-0.2, 0) is 6.18 Å². The summed E-state index contributed by atoms with van der Waals surface area (Å²) in [6.45, 7) is 0. The first-order valence-corrected chi connectivity index (χ1v) is 4.33. The van der Waals surface area contributed by atoms with Crippen LogP contribution in [-0.4, -0.2) is 4.98 Å². The first kappa shape index (κ1) is 12.2. The molecule has 1 aromatic heterocycles. The lowest BCUT2D eigenvalue weighted by Crippen LogP contribution is -2.13. The third-order valence-corrected chi connectivity index (χ3v) is 2.19. The monoisotopic (exact) mass is 290 g/mol. The molecule has 0 saturated carbocycles. The van der Waals surface area contributed by atoms with Crippen molar-refractivity contribution in [2.75, 3.05) is 5.73 Å². The van der Waals surface area contributed by atoms with Gasteiger partial charge in [0.05, 0.1) is 15.7 Å². The van der Waals surface area contributed by atoms with E-state index in [0.29, 0.717) is 6.20 Å². The molecule has 0 aliphatic rings. The maximum Gasteiger partial charge on any atom is 0.419 e. The molecular formula is C7H4BrF5N2. The summed E-state index contributed by atoms with van der Waals surface area (Å²) in [5, 5.41) is 0. The van der Waals surface area contributed by atoms with Crippen LogP contribution in [0.15, 0.2) is 10.7 Å². The zero-order chi connectivity index (χ0) is 11.8. The van der Waals surface area contributed by atoms with Gasteiger partial charge in [-0.3, -0.25) is 4.98 Å². The maximum atomic E-state index is 12.4. The lowest BCUT2D eigenvalue weighted by atomic mass is 10.1. The van der Waals surface area contributed by atoms with Gasteiger partial charge in [-0.2, -0.15) is 13.2 Å². The van der Waals surface area contributed by atoms with Crippen LogP contribution in [0.2, 0.25) is 0 Å². The smallest absolute Gasteiger partial charge is 0.397 e. The second kappa shape index (κ2) is 3.92. The summed E-state index contributed by atoms with van der Waals surface area (Å²) in [5.74, 6) is 0. The van der Waals surface area contributed by atoms with Crippen LogP contribution in [0.25, 0.3) is 0 Å². The number of rotatable bonds is 1. The normalized spacial score (nSPS) is 12.2. The van der Waals surface area contributed by atoms with Gasteiger partial charge in [0.2, 0.25) is 0 Å². The van der Waals surface area contributed by atoms with Crippen molar-refractivity contribution in [2.24, 2.45) is 0 Å². The minimum Gasteiger partial charge on any atom is -0.397 e. The molecule has 1 heterocycles. The number of nitrogens with two attached hydrogens (primary N) is 1. The number of nitrogen functional groups attached to an aromatic ring is 1. The molecule has 0 aliphatic heterocycles. The minimum atomic E-state index is -4.80. The Morgan fingerprint density at radius 2 is 1.87 bits per heavy atom. The Morgan fingerprint density at radius 1 is 1.33 bits per heavy atom. The highest BCUT2D eigenvalue weighted by molar-refractivity contribution is 9.10. The Balaban J connectivity index is 3.44. The summed E-state index contributed by atoms with van der Waals surface area (Å²) in [6.07, 6.45) is -7.28. The number of alkyl halides is 5. The maximum absolute atomic E-state index is 12.4. The quantitative estimate of drug-likeness (QED) is 0.805. The standard InChI is InChI=1S/C7H4BrF5N2/c8-2-1-15-5(6(9)10)4(14)3(2)7(11,12)13/h1,6H,14H2. The molecule has 0 atom stereocenters. The van der Waals surface area contributed by atoms with E-state index in [4.69, 9.17) is 5.73 Å². The van der Waals surface area contributed by atoms with Gasteiger partial charge >= 0.3 is 6.18 Å². The van der Waals surface area contributed by atoms with Crippen LogP contribution in [0.1, 0.15) is 17.7 Å². The number of hydrogen-bond acceptors (Lipinski definition) is 2. The van der Waals surface area contributed by atoms with Crippen molar-refractivity contribution in [3.8, 4) is 0 Å². The largest absolute Gasteiger partial charge is 0.419 e. The third-order valence-electron chi connectivity index (χ3n) is 1.59. The van der Waals surface area contributed by atoms with Gasteiger partial charge < -0.3 is 5.73 Å². The van der Waals surface area contributed by atoms with E-state index in [2.05, 4.69) is 20.9 Å². The number of nitrogens with zero attached hydrogens (tertiary/aromatic N) is 1. The van der Waals surface area contributed by atoms with Crippen molar-refractivity contribution in [2.45, 2.75) is 12.6 Å². The minimum absolute atomic E-state index is 0.461. The van der Waals surface area contributed by atoms with Crippen molar-refractivity contribution in [1.82, 2.24) is 4.98 Å². The molecule has 8 heteroatoms. The van der Waals surface area contributed by atoms with E-state index in [9.17, 15) is 22.0 Å². The average molecular weight is 291 g/mol. The fourth-order valence-electron chi connectivity index (χ4n) is 0.979. The van der Waals surface area contributed by atoms with E-state index >= 15 is 0 Å². The number of aromatic nitrogens is 1. The van der Waals surface area contributed by atoms with Gasteiger partial charge in [-0.1, -0.05) is 0 Å². The van der Waals surface area contributed by atoms with Crippen LogP contribution in [0.5, 0.6) is 0 Å². The molecule has 1 aromatic rings. The summed E-state index contributed by atoms with van der Waals surface area (Å²) in [7, 11) is 0.